The molecule has 1 aliphatic carbocycles. The van der Waals surface area contributed by atoms with E-state index >= 15 is 0 Å². The third kappa shape index (κ3) is 6.83. The molecule has 3 rings (SSSR count). The summed E-state index contributed by atoms with van der Waals surface area (Å²) in [4.78, 5) is 17.3. The number of carbonyl (C=O) groups excluding carboxylic acids is 1. The lowest BCUT2D eigenvalue weighted by molar-refractivity contribution is 0.0364. The van der Waals surface area contributed by atoms with Gasteiger partial charge in [0.25, 0.3) is 0 Å². The van der Waals surface area contributed by atoms with Crippen molar-refractivity contribution in [3.8, 4) is 0 Å². The third-order valence-electron chi connectivity index (χ3n) is 5.23. The van der Waals surface area contributed by atoms with E-state index in [0.29, 0.717) is 10.9 Å². The van der Waals surface area contributed by atoms with E-state index in [0.717, 1.165) is 77.3 Å². The zero-order valence-corrected chi connectivity index (χ0v) is 16.7. The van der Waals surface area contributed by atoms with Crippen LogP contribution in [0.4, 0.5) is 10.5 Å². The van der Waals surface area contributed by atoms with E-state index in [-0.39, 0.29) is 6.03 Å². The van der Waals surface area contributed by atoms with Crippen molar-refractivity contribution in [1.82, 2.24) is 9.80 Å². The number of halogens is 1. The number of benzene rings is 1. The molecular weight excluding hydrogens is 362 g/mol. The van der Waals surface area contributed by atoms with Crippen LogP contribution in [0.2, 0.25) is 5.02 Å². The van der Waals surface area contributed by atoms with Crippen LogP contribution >= 0.6 is 11.6 Å². The Morgan fingerprint density at radius 2 is 2.15 bits per heavy atom. The lowest BCUT2D eigenvalue weighted by Gasteiger charge is -2.30. The van der Waals surface area contributed by atoms with Gasteiger partial charge in [-0.05, 0) is 49.8 Å². The van der Waals surface area contributed by atoms with Crippen molar-refractivity contribution < 1.29 is 9.53 Å². The summed E-state index contributed by atoms with van der Waals surface area (Å²) in [7, 11) is 0. The minimum Gasteiger partial charge on any atom is -0.379 e. The van der Waals surface area contributed by atoms with Gasteiger partial charge in [-0.2, -0.15) is 0 Å². The van der Waals surface area contributed by atoms with Gasteiger partial charge in [0.15, 0.2) is 0 Å². The van der Waals surface area contributed by atoms with Crippen LogP contribution in [-0.2, 0) is 4.74 Å². The van der Waals surface area contributed by atoms with E-state index in [1.54, 1.807) is 6.07 Å². The van der Waals surface area contributed by atoms with Gasteiger partial charge in [0.05, 0.1) is 13.2 Å². The fraction of sp³-hybridized carbons (Fsp3) is 0.571. The number of hydrogen-bond acceptors (Lipinski definition) is 3. The Labute approximate surface area is 167 Å². The number of rotatable bonds is 7. The summed E-state index contributed by atoms with van der Waals surface area (Å²) in [6.45, 7) is 6.18. The Balaban J connectivity index is 1.55. The molecule has 0 spiro atoms. The summed E-state index contributed by atoms with van der Waals surface area (Å²) in [5, 5.41) is 3.64. The first-order valence-electron chi connectivity index (χ1n) is 9.97. The van der Waals surface area contributed by atoms with E-state index < -0.39 is 0 Å². The highest BCUT2D eigenvalue weighted by molar-refractivity contribution is 6.30. The summed E-state index contributed by atoms with van der Waals surface area (Å²) in [6, 6.07) is 7.29. The average molecular weight is 392 g/mol. The molecular formula is C21H30ClN3O2. The van der Waals surface area contributed by atoms with Crippen molar-refractivity contribution in [2.75, 3.05) is 51.3 Å². The Kier molecular flexibility index (Phi) is 7.99. The zero-order valence-electron chi connectivity index (χ0n) is 15.9. The van der Waals surface area contributed by atoms with Gasteiger partial charge in [0, 0.05) is 43.4 Å². The van der Waals surface area contributed by atoms with Crippen LogP contribution < -0.4 is 5.32 Å². The molecule has 2 amide bonds. The van der Waals surface area contributed by atoms with Crippen LogP contribution in [0.15, 0.2) is 36.4 Å². The van der Waals surface area contributed by atoms with Crippen LogP contribution in [0.25, 0.3) is 0 Å². The lowest BCUT2D eigenvalue weighted by atomic mass is 9.94. The van der Waals surface area contributed by atoms with E-state index in [9.17, 15) is 4.79 Å². The Morgan fingerprint density at radius 1 is 1.30 bits per heavy atom. The summed E-state index contributed by atoms with van der Waals surface area (Å²) in [6.07, 6.45) is 8.79. The quantitative estimate of drug-likeness (QED) is 0.706. The lowest BCUT2D eigenvalue weighted by Crippen LogP contribution is -2.42. The van der Waals surface area contributed by atoms with Crippen LogP contribution in [0, 0.1) is 5.92 Å². The third-order valence-corrected chi connectivity index (χ3v) is 5.46. The Hall–Kier alpha value is -1.56. The smallest absolute Gasteiger partial charge is 0.321 e. The van der Waals surface area contributed by atoms with Crippen molar-refractivity contribution in [1.29, 1.82) is 0 Å². The molecule has 5 nitrogen and oxygen atoms in total. The fourth-order valence-electron chi connectivity index (χ4n) is 3.69. The molecule has 0 unspecified atom stereocenters. The first-order chi connectivity index (χ1) is 13.2. The van der Waals surface area contributed by atoms with E-state index in [1.165, 1.54) is 0 Å². The second kappa shape index (κ2) is 10.7. The molecule has 1 aliphatic heterocycles. The minimum absolute atomic E-state index is 0.0335. The van der Waals surface area contributed by atoms with Crippen molar-refractivity contribution in [3.63, 3.8) is 0 Å². The van der Waals surface area contributed by atoms with Gasteiger partial charge < -0.3 is 15.0 Å². The topological polar surface area (TPSA) is 44.8 Å². The number of nitrogens with zero attached hydrogens (tertiary/aromatic N) is 2. The second-order valence-electron chi connectivity index (χ2n) is 7.34. The van der Waals surface area contributed by atoms with E-state index in [1.807, 2.05) is 23.1 Å². The molecule has 1 N–H and O–H groups in total. The first-order valence-corrected chi connectivity index (χ1v) is 10.3. The maximum atomic E-state index is 12.9. The number of urea groups is 1. The summed E-state index contributed by atoms with van der Waals surface area (Å²) < 4.78 is 5.41. The van der Waals surface area contributed by atoms with Gasteiger partial charge in [-0.3, -0.25) is 4.90 Å². The molecule has 148 valence electrons. The molecule has 1 heterocycles. The summed E-state index contributed by atoms with van der Waals surface area (Å²) in [5.74, 6) is 0.545. The van der Waals surface area contributed by atoms with Gasteiger partial charge in [-0.1, -0.05) is 29.8 Å². The summed E-state index contributed by atoms with van der Waals surface area (Å²) in [5.41, 5.74) is 0.745. The maximum Gasteiger partial charge on any atom is 0.321 e. The molecule has 2 aliphatic rings. The fourth-order valence-corrected chi connectivity index (χ4v) is 3.88. The van der Waals surface area contributed by atoms with Gasteiger partial charge in [0.2, 0.25) is 0 Å². The molecule has 1 fully saturated rings. The number of carbonyl (C=O) groups is 1. The minimum atomic E-state index is -0.0335. The van der Waals surface area contributed by atoms with Gasteiger partial charge >= 0.3 is 6.03 Å². The van der Waals surface area contributed by atoms with Gasteiger partial charge in [-0.25, -0.2) is 4.79 Å². The number of morpholine rings is 1. The Morgan fingerprint density at radius 3 is 2.89 bits per heavy atom. The van der Waals surface area contributed by atoms with E-state index in [4.69, 9.17) is 16.3 Å². The van der Waals surface area contributed by atoms with Crippen molar-refractivity contribution in [2.45, 2.75) is 25.7 Å². The molecule has 0 radical (unpaired) electrons. The van der Waals surface area contributed by atoms with Crippen LogP contribution in [0.5, 0.6) is 0 Å². The van der Waals surface area contributed by atoms with E-state index in [2.05, 4.69) is 22.4 Å². The molecule has 1 saturated heterocycles. The van der Waals surface area contributed by atoms with Crippen molar-refractivity contribution in [3.05, 3.63) is 41.4 Å². The maximum absolute atomic E-state index is 12.9. The standard InChI is InChI=1S/C21H30ClN3O2/c22-19-8-4-9-20(16-19)23-21(26)25(17-18-6-2-1-3-7-18)11-5-10-24-12-14-27-15-13-24/h1-2,4,8-9,16,18H,3,5-7,10-15,17H2,(H,23,26)/t18-/m0/s1. The van der Waals surface area contributed by atoms with Crippen LogP contribution in [0.1, 0.15) is 25.7 Å². The SMILES string of the molecule is O=C(Nc1cccc(Cl)c1)N(CCCN1CCOCC1)C[C@H]1CC=CCC1. The van der Waals surface area contributed by atoms with Gasteiger partial charge in [0.1, 0.15) is 0 Å². The van der Waals surface area contributed by atoms with Crippen molar-refractivity contribution >= 4 is 23.3 Å². The Bertz CT molecular complexity index is 632. The number of hydrogen-bond donors (Lipinski definition) is 1. The molecule has 6 heteroatoms. The summed E-state index contributed by atoms with van der Waals surface area (Å²) >= 11 is 6.04. The molecule has 0 bridgehead atoms. The molecule has 1 aromatic rings. The van der Waals surface area contributed by atoms with Crippen molar-refractivity contribution in [2.24, 2.45) is 5.92 Å². The molecule has 1 atom stereocenters. The highest BCUT2D eigenvalue weighted by atomic mass is 35.5. The number of ether oxygens (including phenoxy) is 1. The van der Waals surface area contributed by atoms with Crippen LogP contribution in [0.3, 0.4) is 0 Å². The number of anilines is 1. The largest absolute Gasteiger partial charge is 0.379 e. The number of nitrogens with one attached hydrogen (secondary N) is 1. The molecule has 1 aromatic carbocycles. The predicted molar refractivity (Wildman–Crippen MR) is 110 cm³/mol. The molecule has 0 saturated carbocycles. The number of amides is 2. The second-order valence-corrected chi connectivity index (χ2v) is 7.78. The van der Waals surface area contributed by atoms with Gasteiger partial charge in [-0.15, -0.1) is 0 Å². The highest BCUT2D eigenvalue weighted by Gasteiger charge is 2.20. The molecule has 27 heavy (non-hydrogen) atoms. The highest BCUT2D eigenvalue weighted by Crippen LogP contribution is 2.21. The predicted octanol–water partition coefficient (Wildman–Crippen LogP) is 4.25. The first kappa shape index (κ1) is 20.2. The molecule has 0 aromatic heterocycles. The normalized spacial score (nSPS) is 20.4. The number of allylic oxidation sites excluding steroid dienone is 2. The zero-order chi connectivity index (χ0) is 18.9. The van der Waals surface area contributed by atoms with Crippen LogP contribution in [-0.4, -0.2) is 61.8 Å². The monoisotopic (exact) mass is 391 g/mol. The average Bonchev–Trinajstić information content (AvgIpc) is 2.69.